The number of nitrogens with one attached hydrogen (secondary N) is 1. The molecule has 3 atom stereocenters. The van der Waals surface area contributed by atoms with Gasteiger partial charge in [-0.3, -0.25) is 4.79 Å². The van der Waals surface area contributed by atoms with Gasteiger partial charge in [-0.15, -0.1) is 0 Å². The SMILES string of the molecule is CCC(CO)NC(C)C(C)C(=O)O. The quantitative estimate of drug-likeness (QED) is 0.567. The van der Waals surface area contributed by atoms with Crippen LogP contribution in [-0.2, 0) is 4.79 Å². The van der Waals surface area contributed by atoms with Gasteiger partial charge in [-0.05, 0) is 13.3 Å². The highest BCUT2D eigenvalue weighted by molar-refractivity contribution is 5.70. The Hall–Kier alpha value is -0.610. The fourth-order valence-corrected chi connectivity index (χ4v) is 1.03. The van der Waals surface area contributed by atoms with Gasteiger partial charge in [0.1, 0.15) is 0 Å². The van der Waals surface area contributed by atoms with Gasteiger partial charge in [0.15, 0.2) is 0 Å². The van der Waals surface area contributed by atoms with Crippen molar-refractivity contribution in [3.63, 3.8) is 0 Å². The Bertz CT molecular complexity index is 157. The minimum atomic E-state index is -0.812. The van der Waals surface area contributed by atoms with Crippen LogP contribution in [0.2, 0.25) is 0 Å². The lowest BCUT2D eigenvalue weighted by Crippen LogP contribution is -2.43. The van der Waals surface area contributed by atoms with Crippen LogP contribution < -0.4 is 5.32 Å². The van der Waals surface area contributed by atoms with Crippen molar-refractivity contribution < 1.29 is 15.0 Å². The van der Waals surface area contributed by atoms with Crippen molar-refractivity contribution in [2.75, 3.05) is 6.61 Å². The zero-order valence-corrected chi connectivity index (χ0v) is 8.45. The molecule has 0 amide bonds. The number of hydrogen-bond acceptors (Lipinski definition) is 3. The van der Waals surface area contributed by atoms with E-state index in [4.69, 9.17) is 10.2 Å². The Kier molecular flexibility index (Phi) is 5.66. The maximum absolute atomic E-state index is 10.6. The highest BCUT2D eigenvalue weighted by atomic mass is 16.4. The number of aliphatic carboxylic acids is 1. The second kappa shape index (κ2) is 5.94. The monoisotopic (exact) mass is 189 g/mol. The molecule has 0 spiro atoms. The Labute approximate surface area is 79.0 Å². The van der Waals surface area contributed by atoms with Gasteiger partial charge in [0.2, 0.25) is 0 Å². The van der Waals surface area contributed by atoms with E-state index in [1.165, 1.54) is 0 Å². The molecule has 0 bridgehead atoms. The van der Waals surface area contributed by atoms with Gasteiger partial charge in [-0.2, -0.15) is 0 Å². The van der Waals surface area contributed by atoms with E-state index < -0.39 is 11.9 Å². The molecule has 0 aliphatic carbocycles. The molecule has 3 N–H and O–H groups in total. The van der Waals surface area contributed by atoms with Crippen molar-refractivity contribution in [1.82, 2.24) is 5.32 Å². The summed E-state index contributed by atoms with van der Waals surface area (Å²) in [6.45, 7) is 5.47. The molecule has 0 aromatic carbocycles. The van der Waals surface area contributed by atoms with Crippen LogP contribution in [0.15, 0.2) is 0 Å². The number of carboxylic acids is 1. The normalized spacial score (nSPS) is 17.8. The second-order valence-electron chi connectivity index (χ2n) is 3.37. The number of aliphatic hydroxyl groups is 1. The summed E-state index contributed by atoms with van der Waals surface area (Å²) in [5.74, 6) is -1.24. The zero-order valence-electron chi connectivity index (χ0n) is 8.45. The molecule has 0 fully saturated rings. The van der Waals surface area contributed by atoms with Gasteiger partial charge in [-0.1, -0.05) is 13.8 Å². The average molecular weight is 189 g/mol. The van der Waals surface area contributed by atoms with Crippen LogP contribution >= 0.6 is 0 Å². The first-order chi connectivity index (χ1) is 6.02. The first-order valence-corrected chi connectivity index (χ1v) is 4.62. The summed E-state index contributed by atoms with van der Waals surface area (Å²) in [5.41, 5.74) is 0. The lowest BCUT2D eigenvalue weighted by Gasteiger charge is -2.23. The van der Waals surface area contributed by atoms with Gasteiger partial charge in [0.05, 0.1) is 12.5 Å². The maximum Gasteiger partial charge on any atom is 0.307 e. The molecule has 0 rings (SSSR count). The van der Waals surface area contributed by atoms with Crippen LogP contribution in [0.5, 0.6) is 0 Å². The van der Waals surface area contributed by atoms with Crippen LogP contribution in [0.25, 0.3) is 0 Å². The molecular formula is C9H19NO3. The van der Waals surface area contributed by atoms with Crippen LogP contribution in [0, 0.1) is 5.92 Å². The number of carboxylic acid groups (broad SMARTS) is 1. The summed E-state index contributed by atoms with van der Waals surface area (Å²) < 4.78 is 0. The van der Waals surface area contributed by atoms with E-state index in [0.717, 1.165) is 6.42 Å². The number of hydrogen-bond donors (Lipinski definition) is 3. The van der Waals surface area contributed by atoms with Crippen molar-refractivity contribution >= 4 is 5.97 Å². The molecule has 0 saturated heterocycles. The molecule has 0 aromatic heterocycles. The molecule has 78 valence electrons. The topological polar surface area (TPSA) is 69.6 Å². The molecule has 0 aromatic rings. The first-order valence-electron chi connectivity index (χ1n) is 4.62. The molecule has 0 aliphatic rings. The molecule has 4 nitrogen and oxygen atoms in total. The molecule has 13 heavy (non-hydrogen) atoms. The highest BCUT2D eigenvalue weighted by Crippen LogP contribution is 2.04. The Morgan fingerprint density at radius 2 is 2.00 bits per heavy atom. The Balaban J connectivity index is 3.97. The third-order valence-corrected chi connectivity index (χ3v) is 2.35. The van der Waals surface area contributed by atoms with Gasteiger partial charge >= 0.3 is 5.97 Å². The summed E-state index contributed by atoms with van der Waals surface area (Å²) in [4.78, 5) is 10.6. The van der Waals surface area contributed by atoms with Crippen LogP contribution in [0.1, 0.15) is 27.2 Å². The predicted octanol–water partition coefficient (Wildman–Crippen LogP) is 0.456. The van der Waals surface area contributed by atoms with Gasteiger partial charge < -0.3 is 15.5 Å². The average Bonchev–Trinajstić information content (AvgIpc) is 2.12. The first kappa shape index (κ1) is 12.4. The fourth-order valence-electron chi connectivity index (χ4n) is 1.03. The minimum Gasteiger partial charge on any atom is -0.481 e. The third kappa shape index (κ3) is 4.24. The van der Waals surface area contributed by atoms with Crippen LogP contribution in [0.3, 0.4) is 0 Å². The van der Waals surface area contributed by atoms with Gasteiger partial charge in [-0.25, -0.2) is 0 Å². The smallest absolute Gasteiger partial charge is 0.307 e. The van der Waals surface area contributed by atoms with E-state index in [2.05, 4.69) is 5.32 Å². The molecule has 0 heterocycles. The standard InChI is InChI=1S/C9H19NO3/c1-4-8(5-11)10-7(3)6(2)9(12)13/h6-8,10-11H,4-5H2,1-3H3,(H,12,13). The van der Waals surface area contributed by atoms with Crippen molar-refractivity contribution in [1.29, 1.82) is 0 Å². The van der Waals surface area contributed by atoms with Crippen molar-refractivity contribution in [2.45, 2.75) is 39.3 Å². The van der Waals surface area contributed by atoms with E-state index in [1.54, 1.807) is 6.92 Å². The Morgan fingerprint density at radius 1 is 1.46 bits per heavy atom. The minimum absolute atomic E-state index is 0.00296. The van der Waals surface area contributed by atoms with E-state index in [-0.39, 0.29) is 18.7 Å². The maximum atomic E-state index is 10.6. The van der Waals surface area contributed by atoms with E-state index in [0.29, 0.717) is 0 Å². The highest BCUT2D eigenvalue weighted by Gasteiger charge is 2.20. The lowest BCUT2D eigenvalue weighted by molar-refractivity contribution is -0.142. The molecule has 0 aliphatic heterocycles. The van der Waals surface area contributed by atoms with E-state index in [1.807, 2.05) is 13.8 Å². The summed E-state index contributed by atoms with van der Waals surface area (Å²) in [6, 6.07) is -0.119. The molecule has 0 radical (unpaired) electrons. The van der Waals surface area contributed by atoms with E-state index in [9.17, 15) is 4.79 Å². The fraction of sp³-hybridized carbons (Fsp3) is 0.889. The largest absolute Gasteiger partial charge is 0.481 e. The summed E-state index contributed by atoms with van der Waals surface area (Å²) in [5, 5.41) is 20.7. The lowest BCUT2D eigenvalue weighted by atomic mass is 10.0. The second-order valence-corrected chi connectivity index (χ2v) is 3.37. The van der Waals surface area contributed by atoms with Crippen molar-refractivity contribution in [2.24, 2.45) is 5.92 Å². The Morgan fingerprint density at radius 3 is 2.31 bits per heavy atom. The van der Waals surface area contributed by atoms with Gasteiger partial charge in [0, 0.05) is 12.1 Å². The summed E-state index contributed by atoms with van der Waals surface area (Å²) in [6.07, 6.45) is 0.799. The zero-order chi connectivity index (χ0) is 10.4. The molecular weight excluding hydrogens is 170 g/mol. The summed E-state index contributed by atoms with van der Waals surface area (Å²) >= 11 is 0. The van der Waals surface area contributed by atoms with E-state index >= 15 is 0 Å². The van der Waals surface area contributed by atoms with Crippen molar-refractivity contribution in [3.8, 4) is 0 Å². The molecule has 3 unspecified atom stereocenters. The number of rotatable bonds is 6. The van der Waals surface area contributed by atoms with Crippen molar-refractivity contribution in [3.05, 3.63) is 0 Å². The number of carbonyl (C=O) groups is 1. The van der Waals surface area contributed by atoms with Crippen LogP contribution in [0.4, 0.5) is 0 Å². The predicted molar refractivity (Wildman–Crippen MR) is 50.6 cm³/mol. The number of aliphatic hydroxyl groups excluding tert-OH is 1. The van der Waals surface area contributed by atoms with Gasteiger partial charge in [0.25, 0.3) is 0 Å². The molecule has 4 heteroatoms. The van der Waals surface area contributed by atoms with Crippen LogP contribution in [-0.4, -0.2) is 34.9 Å². The molecule has 0 saturated carbocycles. The summed E-state index contributed by atoms with van der Waals surface area (Å²) in [7, 11) is 0. The third-order valence-electron chi connectivity index (χ3n) is 2.35.